The topological polar surface area (TPSA) is 24.1 Å². The van der Waals surface area contributed by atoms with Gasteiger partial charge in [0.2, 0.25) is 0 Å². The van der Waals surface area contributed by atoms with Gasteiger partial charge in [-0.05, 0) is 43.8 Å². The van der Waals surface area contributed by atoms with Crippen LogP contribution in [0.4, 0.5) is 10.1 Å². The Morgan fingerprint density at radius 1 is 1.35 bits per heavy atom. The van der Waals surface area contributed by atoms with Crippen LogP contribution in [-0.4, -0.2) is 11.2 Å². The average Bonchev–Trinajstić information content (AvgIpc) is 2.39. The van der Waals surface area contributed by atoms with Crippen molar-refractivity contribution in [2.24, 2.45) is 0 Å². The predicted octanol–water partition coefficient (Wildman–Crippen LogP) is 5.12. The summed E-state index contributed by atoms with van der Waals surface area (Å²) in [6.07, 6.45) is 6.08. The highest BCUT2D eigenvalue weighted by Crippen LogP contribution is 2.19. The van der Waals surface area contributed by atoms with Crippen LogP contribution in [0.25, 0.3) is 0 Å². The van der Waals surface area contributed by atoms with Gasteiger partial charge in [0.25, 0.3) is 0 Å². The molecule has 1 atom stereocenters. The monoisotopic (exact) mass is 316 g/mol. The highest BCUT2D eigenvalue weighted by Gasteiger charge is 2.06. The highest BCUT2D eigenvalue weighted by molar-refractivity contribution is 7.80. The van der Waals surface area contributed by atoms with Gasteiger partial charge in [-0.3, -0.25) is 0 Å². The average molecular weight is 317 g/mol. The molecule has 0 bridgehead atoms. The minimum atomic E-state index is -0.430. The number of unbranched alkanes of at least 4 members (excludes halogenated alkanes) is 3. The van der Waals surface area contributed by atoms with Crippen LogP contribution in [0.2, 0.25) is 5.02 Å². The fourth-order valence-corrected chi connectivity index (χ4v) is 2.41. The van der Waals surface area contributed by atoms with Crippen molar-refractivity contribution in [1.82, 2.24) is 5.32 Å². The number of hydrogen-bond acceptors (Lipinski definition) is 1. The molecule has 0 aromatic heterocycles. The van der Waals surface area contributed by atoms with E-state index in [9.17, 15) is 4.39 Å². The number of nitrogens with one attached hydrogen (secondary N) is 2. The molecule has 5 heteroatoms. The summed E-state index contributed by atoms with van der Waals surface area (Å²) in [5, 5.41) is 6.86. The number of rotatable bonds is 7. The second-order valence-corrected chi connectivity index (χ2v) is 5.79. The van der Waals surface area contributed by atoms with Crippen LogP contribution in [0, 0.1) is 5.82 Å². The highest BCUT2D eigenvalue weighted by atomic mass is 35.5. The lowest BCUT2D eigenvalue weighted by Crippen LogP contribution is -2.35. The second kappa shape index (κ2) is 9.14. The molecule has 1 aromatic rings. The lowest BCUT2D eigenvalue weighted by Gasteiger charge is -2.17. The molecule has 1 rings (SSSR count). The molecule has 0 fully saturated rings. The maximum absolute atomic E-state index is 13.0. The standard InChI is InChI=1S/C15H22ClFN2S/c1-3-4-5-6-7-11(2)18-15(20)19-12-8-9-14(17)13(16)10-12/h8-11H,3-7H2,1-2H3,(H2,18,19,20)/t11-/m1/s1. The molecular formula is C15H22ClFN2S. The molecule has 20 heavy (non-hydrogen) atoms. The Hall–Kier alpha value is -0.870. The van der Waals surface area contributed by atoms with E-state index in [2.05, 4.69) is 24.5 Å². The van der Waals surface area contributed by atoms with Gasteiger partial charge in [-0.2, -0.15) is 0 Å². The molecule has 0 saturated heterocycles. The van der Waals surface area contributed by atoms with Crippen molar-refractivity contribution in [3.63, 3.8) is 0 Å². The van der Waals surface area contributed by atoms with E-state index in [0.29, 0.717) is 16.8 Å². The molecule has 1 aromatic carbocycles. The lowest BCUT2D eigenvalue weighted by molar-refractivity contribution is 0.545. The van der Waals surface area contributed by atoms with Gasteiger partial charge in [-0.15, -0.1) is 0 Å². The van der Waals surface area contributed by atoms with E-state index in [1.54, 1.807) is 6.07 Å². The van der Waals surface area contributed by atoms with E-state index in [-0.39, 0.29) is 5.02 Å². The predicted molar refractivity (Wildman–Crippen MR) is 89.0 cm³/mol. The Morgan fingerprint density at radius 2 is 2.10 bits per heavy atom. The second-order valence-electron chi connectivity index (χ2n) is 4.98. The first-order valence-electron chi connectivity index (χ1n) is 7.05. The van der Waals surface area contributed by atoms with E-state index in [1.807, 2.05) is 0 Å². The molecule has 0 spiro atoms. The third-order valence-electron chi connectivity index (χ3n) is 3.05. The summed E-state index contributed by atoms with van der Waals surface area (Å²) in [6.45, 7) is 4.31. The number of halogens is 2. The lowest BCUT2D eigenvalue weighted by atomic mass is 10.1. The third-order valence-corrected chi connectivity index (χ3v) is 3.56. The third kappa shape index (κ3) is 6.53. The summed E-state index contributed by atoms with van der Waals surface area (Å²) in [5.41, 5.74) is 0.687. The Balaban J connectivity index is 2.33. The minimum Gasteiger partial charge on any atom is -0.360 e. The minimum absolute atomic E-state index is 0.0883. The number of benzene rings is 1. The van der Waals surface area contributed by atoms with Crippen LogP contribution in [0.15, 0.2) is 18.2 Å². The molecule has 0 heterocycles. The normalized spacial score (nSPS) is 12.0. The van der Waals surface area contributed by atoms with Crippen molar-refractivity contribution in [2.75, 3.05) is 5.32 Å². The van der Waals surface area contributed by atoms with Crippen LogP contribution in [-0.2, 0) is 0 Å². The molecular weight excluding hydrogens is 295 g/mol. The van der Waals surface area contributed by atoms with Crippen LogP contribution in [0.1, 0.15) is 46.0 Å². The van der Waals surface area contributed by atoms with Gasteiger partial charge in [0.15, 0.2) is 5.11 Å². The van der Waals surface area contributed by atoms with Crippen LogP contribution in [0.5, 0.6) is 0 Å². The molecule has 0 aliphatic carbocycles. The van der Waals surface area contributed by atoms with Gasteiger partial charge in [0.1, 0.15) is 5.82 Å². The Labute approximate surface area is 131 Å². The first-order valence-corrected chi connectivity index (χ1v) is 7.84. The fourth-order valence-electron chi connectivity index (χ4n) is 1.91. The Morgan fingerprint density at radius 3 is 2.75 bits per heavy atom. The summed E-state index contributed by atoms with van der Waals surface area (Å²) in [6, 6.07) is 4.78. The summed E-state index contributed by atoms with van der Waals surface area (Å²) in [4.78, 5) is 0. The van der Waals surface area contributed by atoms with Gasteiger partial charge in [-0.25, -0.2) is 4.39 Å². The summed E-state index contributed by atoms with van der Waals surface area (Å²) in [7, 11) is 0. The van der Waals surface area contributed by atoms with Gasteiger partial charge in [0, 0.05) is 11.7 Å². The molecule has 0 aliphatic rings. The largest absolute Gasteiger partial charge is 0.360 e. The zero-order chi connectivity index (χ0) is 15.0. The van der Waals surface area contributed by atoms with E-state index in [4.69, 9.17) is 23.8 Å². The van der Waals surface area contributed by atoms with Crippen LogP contribution in [0.3, 0.4) is 0 Å². The van der Waals surface area contributed by atoms with E-state index in [1.165, 1.54) is 37.8 Å². The number of thiocarbonyl (C=S) groups is 1. The molecule has 112 valence electrons. The van der Waals surface area contributed by atoms with Gasteiger partial charge in [0.05, 0.1) is 5.02 Å². The molecule has 2 N–H and O–H groups in total. The molecule has 0 saturated carbocycles. The van der Waals surface area contributed by atoms with E-state index >= 15 is 0 Å². The molecule has 0 unspecified atom stereocenters. The molecule has 2 nitrogen and oxygen atoms in total. The first-order chi connectivity index (χ1) is 9.52. The van der Waals surface area contributed by atoms with Crippen molar-refractivity contribution in [2.45, 2.75) is 52.0 Å². The van der Waals surface area contributed by atoms with E-state index < -0.39 is 5.82 Å². The van der Waals surface area contributed by atoms with Crippen LogP contribution < -0.4 is 10.6 Å². The van der Waals surface area contributed by atoms with Crippen molar-refractivity contribution in [3.8, 4) is 0 Å². The van der Waals surface area contributed by atoms with Crippen molar-refractivity contribution < 1.29 is 4.39 Å². The quantitative estimate of drug-likeness (QED) is 0.539. The summed E-state index contributed by atoms with van der Waals surface area (Å²) >= 11 is 11.0. The fraction of sp³-hybridized carbons (Fsp3) is 0.533. The first kappa shape index (κ1) is 17.2. The van der Waals surface area contributed by atoms with E-state index in [0.717, 1.165) is 6.42 Å². The van der Waals surface area contributed by atoms with Crippen molar-refractivity contribution in [3.05, 3.63) is 29.0 Å². The molecule has 0 aliphatic heterocycles. The Bertz CT molecular complexity index is 440. The number of anilines is 1. The van der Waals surface area contributed by atoms with Gasteiger partial charge >= 0.3 is 0 Å². The van der Waals surface area contributed by atoms with Gasteiger partial charge < -0.3 is 10.6 Å². The van der Waals surface area contributed by atoms with Crippen molar-refractivity contribution in [1.29, 1.82) is 0 Å². The molecule has 0 amide bonds. The van der Waals surface area contributed by atoms with Crippen molar-refractivity contribution >= 4 is 34.6 Å². The maximum Gasteiger partial charge on any atom is 0.170 e. The Kier molecular flexibility index (Phi) is 7.85. The maximum atomic E-state index is 13.0. The zero-order valence-electron chi connectivity index (χ0n) is 12.0. The SMILES string of the molecule is CCCCCC[C@@H](C)NC(=S)Nc1ccc(F)c(Cl)c1. The summed E-state index contributed by atoms with van der Waals surface area (Å²) < 4.78 is 13.0. The smallest absolute Gasteiger partial charge is 0.170 e. The zero-order valence-corrected chi connectivity index (χ0v) is 13.6. The van der Waals surface area contributed by atoms with Gasteiger partial charge in [-0.1, -0.05) is 44.2 Å². The molecule has 0 radical (unpaired) electrons. The number of hydrogen-bond donors (Lipinski definition) is 2. The van der Waals surface area contributed by atoms with Crippen LogP contribution >= 0.6 is 23.8 Å². The summed E-state index contributed by atoms with van der Waals surface area (Å²) in [5.74, 6) is -0.430.